The third kappa shape index (κ3) is 16.6. The number of carboxylic acids is 2. The van der Waals surface area contributed by atoms with E-state index in [4.69, 9.17) is 15.5 Å². The molecule has 0 unspecified atom stereocenters. The summed E-state index contributed by atoms with van der Waals surface area (Å²) in [5.74, 6) is -0.780. The van der Waals surface area contributed by atoms with Crippen LogP contribution in [0.4, 0.5) is 0 Å². The van der Waals surface area contributed by atoms with Crippen LogP contribution in [0.25, 0.3) is 34.2 Å². The van der Waals surface area contributed by atoms with Crippen molar-refractivity contribution in [1.29, 1.82) is 5.26 Å². The van der Waals surface area contributed by atoms with Gasteiger partial charge in [0.15, 0.2) is 6.19 Å². The number of carboxylic acid groups (broad SMARTS) is 2. The topological polar surface area (TPSA) is 229 Å². The fourth-order valence-corrected chi connectivity index (χ4v) is 10.5. The van der Waals surface area contributed by atoms with E-state index < -0.39 is 17.8 Å². The van der Waals surface area contributed by atoms with Crippen molar-refractivity contribution < 1.29 is 24.6 Å². The predicted molar refractivity (Wildman–Crippen MR) is 323 cm³/mol. The maximum absolute atomic E-state index is 11.8. The molecule has 3 N–H and O–H groups in total. The minimum Gasteiger partial charge on any atom is -0.478 e. The van der Waals surface area contributed by atoms with Gasteiger partial charge in [-0.3, -0.25) is 30.0 Å². The Morgan fingerprint density at radius 1 is 0.529 bits per heavy atom. The van der Waals surface area contributed by atoms with E-state index >= 15 is 0 Å². The molecule has 6 aromatic heterocycles. The van der Waals surface area contributed by atoms with Gasteiger partial charge in [0.05, 0.1) is 47.2 Å². The Labute approximate surface area is 495 Å². The molecule has 1 atom stereocenters. The summed E-state index contributed by atoms with van der Waals surface area (Å²) in [5.41, 5.74) is 11.6. The van der Waals surface area contributed by atoms with Crippen molar-refractivity contribution in [3.05, 3.63) is 216 Å². The number of nitriles is 1. The van der Waals surface area contributed by atoms with Gasteiger partial charge in [-0.05, 0) is 135 Å². The predicted octanol–water partition coefficient (Wildman–Crippen LogP) is 10.3. The molecule has 19 heteroatoms. The van der Waals surface area contributed by atoms with Gasteiger partial charge in [0.25, 0.3) is 5.91 Å². The van der Waals surface area contributed by atoms with E-state index in [1.165, 1.54) is 90.9 Å². The number of pyridine rings is 3. The zero-order valence-electron chi connectivity index (χ0n) is 47.9. The summed E-state index contributed by atoms with van der Waals surface area (Å²) in [6, 6.07) is 38.5. The molecule has 0 bridgehead atoms. The van der Waals surface area contributed by atoms with Crippen molar-refractivity contribution in [2.24, 2.45) is 0 Å². The Balaban J connectivity index is 0.000000142. The van der Waals surface area contributed by atoms with Crippen LogP contribution in [0.1, 0.15) is 115 Å². The smallest absolute Gasteiger partial charge is 0.335 e. The molecule has 85 heavy (non-hydrogen) atoms. The third-order valence-electron chi connectivity index (χ3n) is 15.5. The molecular formula is C66H70N14O5. The third-order valence-corrected chi connectivity index (χ3v) is 15.5. The number of hydrogen-bond acceptors (Lipinski definition) is 13. The Morgan fingerprint density at radius 3 is 1.40 bits per heavy atom. The molecule has 3 aromatic carbocycles. The van der Waals surface area contributed by atoms with Gasteiger partial charge in [-0.1, -0.05) is 78.9 Å². The number of carbonyl (C=O) groups excluding carboxylic acids is 1. The SMILES string of the molecule is CN(CCn1cnc(-c2cc(C(=O)NC#N)ccn2)c1)Cc1ccc(C2CC2)cc1.CN(CCn1cnc(-c2cc(C(=O)O)ccn2)c1)Cc1ccc(C2CC2)cc1.O=C(O)c1ccnc(-c2cn(CCN3CCC[C@H]3c3ccccc3)cn2)c1. The van der Waals surface area contributed by atoms with Crippen LogP contribution in [-0.2, 0) is 32.7 Å². The van der Waals surface area contributed by atoms with Gasteiger partial charge in [0.1, 0.15) is 17.1 Å². The lowest BCUT2D eigenvalue weighted by Gasteiger charge is -2.24. The number of likely N-dealkylation sites (tertiary alicyclic amines) is 1. The number of benzene rings is 3. The van der Waals surface area contributed by atoms with Crippen molar-refractivity contribution in [1.82, 2.24) is 63.6 Å². The van der Waals surface area contributed by atoms with Gasteiger partial charge in [0.2, 0.25) is 0 Å². The average molecular weight is 1140 g/mol. The molecule has 2 aliphatic carbocycles. The highest BCUT2D eigenvalue weighted by molar-refractivity contribution is 5.95. The number of likely N-dealkylation sites (N-methyl/N-ethyl adjacent to an activating group) is 2. The molecule has 0 spiro atoms. The van der Waals surface area contributed by atoms with E-state index in [1.54, 1.807) is 55.6 Å². The molecule has 3 fully saturated rings. The molecule has 12 rings (SSSR count). The Morgan fingerprint density at radius 2 is 0.965 bits per heavy atom. The lowest BCUT2D eigenvalue weighted by molar-refractivity contribution is 0.0686. The van der Waals surface area contributed by atoms with Crippen molar-refractivity contribution >= 4 is 17.8 Å². The van der Waals surface area contributed by atoms with E-state index in [9.17, 15) is 14.4 Å². The molecule has 1 saturated heterocycles. The number of nitrogens with one attached hydrogen (secondary N) is 1. The summed E-state index contributed by atoms with van der Waals surface area (Å²) >= 11 is 0. The molecule has 19 nitrogen and oxygen atoms in total. The first-order valence-corrected chi connectivity index (χ1v) is 28.9. The van der Waals surface area contributed by atoms with E-state index in [-0.39, 0.29) is 11.1 Å². The minimum absolute atomic E-state index is 0.215. The van der Waals surface area contributed by atoms with Crippen LogP contribution in [0.2, 0.25) is 0 Å². The second kappa shape index (κ2) is 28.2. The molecular weight excluding hydrogens is 1070 g/mol. The van der Waals surface area contributed by atoms with Crippen LogP contribution in [0, 0.1) is 11.5 Å². The number of rotatable bonds is 22. The van der Waals surface area contributed by atoms with Crippen molar-refractivity contribution in [3.63, 3.8) is 0 Å². The van der Waals surface area contributed by atoms with Gasteiger partial charge in [-0.25, -0.2) is 24.5 Å². The lowest BCUT2D eigenvalue weighted by atomic mass is 10.0. The minimum atomic E-state index is -0.963. The first-order valence-electron chi connectivity index (χ1n) is 28.9. The van der Waals surface area contributed by atoms with Crippen molar-refractivity contribution in [2.75, 3.05) is 40.3 Å². The number of nitrogens with zero attached hydrogens (tertiary/aromatic N) is 13. The zero-order valence-corrected chi connectivity index (χ0v) is 47.9. The van der Waals surface area contributed by atoms with Crippen LogP contribution in [0.15, 0.2) is 171 Å². The largest absolute Gasteiger partial charge is 0.478 e. The Kier molecular flexibility index (Phi) is 19.5. The van der Waals surface area contributed by atoms with Crippen molar-refractivity contribution in [2.45, 2.75) is 89.1 Å². The molecule has 1 amide bonds. The Bertz CT molecular complexity index is 3710. The number of hydrogen-bond donors (Lipinski definition) is 3. The fraction of sp³-hybridized carbons (Fsp3) is 0.303. The number of carbonyl (C=O) groups is 3. The molecule has 7 heterocycles. The van der Waals surface area contributed by atoms with Gasteiger partial charge in [-0.2, -0.15) is 5.26 Å². The standard InChI is InChI=1S/C23H24N6O.C22H24N4O2.C21H22N4O2/c1-28(13-17-2-4-18(5-3-17)19-6-7-19)10-11-29-14-22(27-16-29)21-12-20(8-9-25-21)23(30)26-15-24;1-25(13-16-2-4-17(5-3-16)18-6-7-18)10-11-26-14-21(24-15-26)20-12-19(22(27)28)8-9-23-20;26-21(27)17-8-9-22-18(13-17)19-14-24(15-23-19)11-12-25-10-4-7-20(25)16-5-2-1-3-6-16/h2-5,8-9,12,14,16,19H,6-7,10-11,13H2,1H3,(H,26,30);2-5,8-9,12,14-15,18H,6-7,10-11,13H2,1H3,(H,27,28);1-3,5-6,8-9,13-15,20H,4,7,10-12H2,(H,26,27)/t;;20-/m..0/s1. The summed E-state index contributed by atoms with van der Waals surface area (Å²) in [7, 11) is 4.23. The summed E-state index contributed by atoms with van der Waals surface area (Å²) < 4.78 is 6.08. The molecule has 1 aliphatic heterocycles. The van der Waals surface area contributed by atoms with Crippen LogP contribution < -0.4 is 5.32 Å². The van der Waals surface area contributed by atoms with Gasteiger partial charge >= 0.3 is 11.9 Å². The number of imidazole rings is 3. The number of aromatic carboxylic acids is 2. The monoisotopic (exact) mass is 1140 g/mol. The van der Waals surface area contributed by atoms with Crippen molar-refractivity contribution in [3.8, 4) is 40.4 Å². The second-order valence-corrected chi connectivity index (χ2v) is 22.1. The summed E-state index contributed by atoms with van der Waals surface area (Å²) in [4.78, 5) is 67.1. The first kappa shape index (κ1) is 58.7. The maximum atomic E-state index is 11.8. The molecule has 434 valence electrons. The highest BCUT2D eigenvalue weighted by Crippen LogP contribution is 2.41. The second-order valence-electron chi connectivity index (χ2n) is 22.1. The van der Waals surface area contributed by atoms with Crippen LogP contribution in [0.5, 0.6) is 0 Å². The highest BCUT2D eigenvalue weighted by atomic mass is 16.4. The Hall–Kier alpha value is -9.48. The maximum Gasteiger partial charge on any atom is 0.335 e. The van der Waals surface area contributed by atoms with Crippen LogP contribution in [0.3, 0.4) is 0 Å². The van der Waals surface area contributed by atoms with Gasteiger partial charge < -0.3 is 33.7 Å². The van der Waals surface area contributed by atoms with Gasteiger partial charge in [0, 0.05) is 101 Å². The van der Waals surface area contributed by atoms with E-state index in [1.807, 2.05) is 32.3 Å². The summed E-state index contributed by atoms with van der Waals surface area (Å²) in [5, 5.41) is 29.0. The summed E-state index contributed by atoms with van der Waals surface area (Å²) in [6.45, 7) is 8.12. The molecule has 2 saturated carbocycles. The van der Waals surface area contributed by atoms with Crippen LogP contribution >= 0.6 is 0 Å². The molecule has 3 aliphatic rings. The van der Waals surface area contributed by atoms with E-state index in [2.05, 4.69) is 143 Å². The van der Waals surface area contributed by atoms with E-state index in [0.29, 0.717) is 45.8 Å². The quantitative estimate of drug-likeness (QED) is 0.0423. The average Bonchev–Trinajstić information content (AvgIpc) is 4.35. The van der Waals surface area contributed by atoms with Gasteiger partial charge in [-0.15, -0.1) is 0 Å². The van der Waals surface area contributed by atoms with E-state index in [0.717, 1.165) is 70.7 Å². The van der Waals surface area contributed by atoms with Crippen LogP contribution in [-0.4, -0.2) is 127 Å². The highest BCUT2D eigenvalue weighted by Gasteiger charge is 2.26. The summed E-state index contributed by atoms with van der Waals surface area (Å²) in [6.07, 6.45) is 25.0. The normalized spacial score (nSPS) is 14.7. The fourth-order valence-electron chi connectivity index (χ4n) is 10.5. The number of aromatic nitrogens is 9. The molecule has 0 radical (unpaired) electrons. The first-order chi connectivity index (χ1) is 41.4. The molecule has 9 aromatic rings. The number of amides is 1. The zero-order chi connectivity index (χ0) is 59.1. The lowest BCUT2D eigenvalue weighted by Crippen LogP contribution is -2.27.